The van der Waals surface area contributed by atoms with Gasteiger partial charge in [-0.1, -0.05) is 36.1 Å². The molecule has 4 aliphatic rings. The van der Waals surface area contributed by atoms with Crippen molar-refractivity contribution < 1.29 is 23.8 Å². The molecule has 6 atom stereocenters. The van der Waals surface area contributed by atoms with E-state index in [0.29, 0.717) is 28.8 Å². The highest BCUT2D eigenvalue weighted by Crippen LogP contribution is 2.58. The van der Waals surface area contributed by atoms with Crippen LogP contribution < -0.4 is 0 Å². The number of benzene rings is 2. The van der Waals surface area contributed by atoms with Crippen LogP contribution in [0.2, 0.25) is 5.04 Å². The van der Waals surface area contributed by atoms with Gasteiger partial charge in [-0.3, -0.25) is 4.90 Å². The Kier molecular flexibility index (Phi) is 10.6. The highest BCUT2D eigenvalue weighted by atomic mass is 32.2. The van der Waals surface area contributed by atoms with Gasteiger partial charge in [-0.2, -0.15) is 0 Å². The number of nitrogens with one attached hydrogen (secondary N) is 2. The van der Waals surface area contributed by atoms with Gasteiger partial charge < -0.3 is 29.1 Å². The van der Waals surface area contributed by atoms with Crippen LogP contribution in [-0.4, -0.2) is 99.2 Å². The lowest BCUT2D eigenvalue weighted by molar-refractivity contribution is 0.00167. The number of hydrogen-bond donors (Lipinski definition) is 2. The van der Waals surface area contributed by atoms with E-state index in [0.717, 1.165) is 76.3 Å². The normalized spacial score (nSPS) is 25.9. The van der Waals surface area contributed by atoms with E-state index < -0.39 is 11.2 Å². The van der Waals surface area contributed by atoms with Gasteiger partial charge in [0.15, 0.2) is 0 Å². The molecule has 4 aromatic rings. The van der Waals surface area contributed by atoms with E-state index in [9.17, 15) is 9.59 Å². The highest BCUT2D eigenvalue weighted by Gasteiger charge is 2.52. The second-order valence-corrected chi connectivity index (χ2v) is 21.1. The maximum Gasteiger partial charge on any atom is 0.411 e. The summed E-state index contributed by atoms with van der Waals surface area (Å²) in [6.45, 7) is 19.6. The third-order valence-corrected chi connectivity index (χ3v) is 14.6. The van der Waals surface area contributed by atoms with Crippen LogP contribution in [0.1, 0.15) is 108 Å². The number of aromatic amines is 2. The Morgan fingerprint density at radius 1 is 0.983 bits per heavy atom. The molecule has 11 nitrogen and oxygen atoms in total. The van der Waals surface area contributed by atoms with E-state index in [1.54, 1.807) is 11.8 Å². The molecule has 2 aromatic heterocycles. The van der Waals surface area contributed by atoms with Crippen molar-refractivity contribution in [1.82, 2.24) is 29.7 Å². The minimum Gasteiger partial charge on any atom is -0.507 e. The second-order valence-electron chi connectivity index (χ2n) is 18.2. The van der Waals surface area contributed by atoms with Gasteiger partial charge in [-0.15, -0.1) is 11.8 Å². The molecule has 0 bridgehead atoms. The molecule has 1 radical (unpaired) electrons. The standard InChI is InChI=1S/C45H53N6O5SSi/c1-27-20-32-37(57-40(32)50(24-27)41(52)55-43(3,4)5)39-46-23-36(49-39)31-15-12-29(13-16-31)10-11-30-14-17-34-35(21-30)48-38(47-34)33-22-45(18-9-19-54-26-58-45)25-51(28(33)2)42(53)56-44(6,7)8/h12-17,21,23,26,28,32-33,37,40H,1,9,18-20,22,24-25H2,2-8H3,(H,46,49)(H,47,48). The van der Waals surface area contributed by atoms with Gasteiger partial charge in [0.1, 0.15) is 22.9 Å². The van der Waals surface area contributed by atoms with Crippen LogP contribution in [0.5, 0.6) is 0 Å². The molecule has 0 saturated carbocycles. The van der Waals surface area contributed by atoms with Crippen LogP contribution in [-0.2, 0) is 14.2 Å². The number of hydrogen-bond acceptors (Lipinski definition) is 8. The van der Waals surface area contributed by atoms with E-state index in [1.165, 1.54) is 0 Å². The van der Waals surface area contributed by atoms with Gasteiger partial charge in [0.2, 0.25) is 0 Å². The van der Waals surface area contributed by atoms with Crippen molar-refractivity contribution in [3.63, 3.8) is 0 Å². The van der Waals surface area contributed by atoms with Gasteiger partial charge in [0.25, 0.3) is 0 Å². The third kappa shape index (κ3) is 8.50. The fourth-order valence-corrected chi connectivity index (χ4v) is 11.4. The van der Waals surface area contributed by atoms with Gasteiger partial charge in [-0.05, 0) is 110 Å². The number of carbonyl (C=O) groups excluding carboxylic acids is 2. The first-order chi connectivity index (χ1) is 27.5. The molecular weight excluding hydrogens is 765 g/mol. The molecule has 4 aliphatic heterocycles. The Bertz CT molecular complexity index is 2310. The molecule has 2 aromatic carbocycles. The van der Waals surface area contributed by atoms with Crippen LogP contribution in [0.3, 0.4) is 0 Å². The van der Waals surface area contributed by atoms with Crippen LogP contribution in [0.25, 0.3) is 22.3 Å². The molecule has 6 unspecified atom stereocenters. The van der Waals surface area contributed by atoms with Crippen molar-refractivity contribution in [2.75, 3.05) is 19.7 Å². The quantitative estimate of drug-likeness (QED) is 0.119. The van der Waals surface area contributed by atoms with Crippen molar-refractivity contribution in [1.29, 1.82) is 0 Å². The molecule has 13 heteroatoms. The van der Waals surface area contributed by atoms with Crippen molar-refractivity contribution >= 4 is 50.0 Å². The summed E-state index contributed by atoms with van der Waals surface area (Å²) in [5.41, 5.74) is 5.47. The van der Waals surface area contributed by atoms with Crippen LogP contribution in [0.15, 0.2) is 60.8 Å². The summed E-state index contributed by atoms with van der Waals surface area (Å²) in [5.74, 6) is 10.7. The van der Waals surface area contributed by atoms with E-state index >= 15 is 0 Å². The van der Waals surface area contributed by atoms with Gasteiger partial charge in [-0.25, -0.2) is 19.6 Å². The smallest absolute Gasteiger partial charge is 0.411 e. The maximum atomic E-state index is 13.6. The van der Waals surface area contributed by atoms with Crippen molar-refractivity contribution in [3.05, 3.63) is 83.6 Å². The Labute approximate surface area is 347 Å². The van der Waals surface area contributed by atoms with Crippen molar-refractivity contribution in [2.45, 2.75) is 113 Å². The lowest BCUT2D eigenvalue weighted by Crippen LogP contribution is -2.55. The topological polar surface area (TPSA) is 126 Å². The molecular formula is C45H53N6O5SSi. The predicted octanol–water partition coefficient (Wildman–Crippen LogP) is 8.83. The number of rotatable bonds is 3. The second kappa shape index (κ2) is 15.4. The number of piperidine rings is 2. The molecule has 3 fully saturated rings. The predicted molar refractivity (Wildman–Crippen MR) is 230 cm³/mol. The molecule has 3 saturated heterocycles. The number of nitrogens with zero attached hydrogens (tertiary/aromatic N) is 4. The van der Waals surface area contributed by atoms with Crippen LogP contribution >= 0.6 is 11.8 Å². The van der Waals surface area contributed by atoms with Crippen LogP contribution in [0.4, 0.5) is 9.59 Å². The number of H-pyrrole nitrogens is 2. The lowest BCUT2D eigenvalue weighted by Gasteiger charge is -2.52. The average Bonchev–Trinajstić information content (AvgIpc) is 3.74. The van der Waals surface area contributed by atoms with Gasteiger partial charge in [0.05, 0.1) is 55.1 Å². The van der Waals surface area contributed by atoms with E-state index in [-0.39, 0.29) is 45.7 Å². The summed E-state index contributed by atoms with van der Waals surface area (Å²) in [5, 5.41) is 0.130. The average molecular weight is 818 g/mol. The SMILES string of the molecule is C=C1CC2C(c3ncc(-c4ccc(C#Cc5ccc6nc(C7CC8(CCCOC=[Si]8)CN(C(=O)OC(C)(C)C)C7C)[nH]c6c5)cc4)[nH]3)SC2N(C(=O)OC(C)(C)C)C1. The number of imidazole rings is 2. The maximum absolute atomic E-state index is 13.6. The summed E-state index contributed by atoms with van der Waals surface area (Å²) in [4.78, 5) is 47.3. The van der Waals surface area contributed by atoms with Gasteiger partial charge >= 0.3 is 12.2 Å². The lowest BCUT2D eigenvalue weighted by atomic mass is 9.80. The molecule has 2 N–H and O–H groups in total. The number of ether oxygens (including phenoxy) is 3. The summed E-state index contributed by atoms with van der Waals surface area (Å²) in [6.07, 6.45) is 5.05. The minimum atomic E-state index is -0.581. The summed E-state index contributed by atoms with van der Waals surface area (Å²) >= 11 is 1.75. The van der Waals surface area contributed by atoms with Crippen molar-refractivity contribution in [3.8, 4) is 23.1 Å². The van der Waals surface area contributed by atoms with Crippen LogP contribution in [0, 0.1) is 17.8 Å². The number of aromatic nitrogens is 4. The van der Waals surface area contributed by atoms with Gasteiger partial charge in [0, 0.05) is 47.1 Å². The van der Waals surface area contributed by atoms with Crippen molar-refractivity contribution in [2.24, 2.45) is 5.92 Å². The molecule has 303 valence electrons. The molecule has 6 heterocycles. The fraction of sp³-hybridized carbons (Fsp3) is 0.489. The Hall–Kier alpha value is -4.80. The molecule has 58 heavy (non-hydrogen) atoms. The zero-order chi connectivity index (χ0) is 41.0. The number of likely N-dealkylation sites (tertiary alicyclic amines) is 2. The molecule has 8 rings (SSSR count). The molecule has 1 spiro atoms. The Morgan fingerprint density at radius 2 is 1.69 bits per heavy atom. The number of amides is 2. The largest absolute Gasteiger partial charge is 0.507 e. The summed E-state index contributed by atoms with van der Waals surface area (Å²) < 4.78 is 17.3. The van der Waals surface area contributed by atoms with E-state index in [4.69, 9.17) is 24.2 Å². The number of thioether (sulfide) groups is 1. The Morgan fingerprint density at radius 3 is 2.43 bits per heavy atom. The highest BCUT2D eigenvalue weighted by molar-refractivity contribution is 8.01. The first kappa shape index (κ1) is 40.0. The summed E-state index contributed by atoms with van der Waals surface area (Å²) in [7, 11) is 0.484. The fourth-order valence-electron chi connectivity index (χ4n) is 8.49. The zero-order valence-electron chi connectivity index (χ0n) is 34.5. The summed E-state index contributed by atoms with van der Waals surface area (Å²) in [6, 6.07) is 14.2. The molecule has 0 aliphatic carbocycles. The van der Waals surface area contributed by atoms with E-state index in [1.807, 2.05) is 87.7 Å². The molecule has 2 amide bonds. The first-order valence-electron chi connectivity index (χ1n) is 20.2. The number of fused-ring (bicyclic) bond motifs is 2. The third-order valence-electron chi connectivity index (χ3n) is 11.3. The zero-order valence-corrected chi connectivity index (χ0v) is 36.3. The Balaban J connectivity index is 0.949. The number of carbonyl (C=O) groups is 2. The minimum absolute atomic E-state index is 0.0119. The first-order valence-corrected chi connectivity index (χ1v) is 22.2. The monoisotopic (exact) mass is 817 g/mol. The van der Waals surface area contributed by atoms with E-state index in [2.05, 4.69) is 53.5 Å².